The van der Waals surface area contributed by atoms with Crippen molar-refractivity contribution in [3.63, 3.8) is 0 Å². The SMILES string of the molecule is COc1c(Cl)c2c(c(OC)c1OC)-c1ccc(OC)c(=O)cc1[C@@H](NC(=O)C(F)(F)F)CC2. The molecule has 1 atom stereocenters. The van der Waals surface area contributed by atoms with Crippen LogP contribution in [-0.2, 0) is 11.2 Å². The molecule has 0 unspecified atom stereocenters. The number of methoxy groups -OCH3 is 4. The van der Waals surface area contributed by atoms with E-state index in [-0.39, 0.29) is 46.4 Å². The summed E-state index contributed by atoms with van der Waals surface area (Å²) in [6.45, 7) is 0. The van der Waals surface area contributed by atoms with Gasteiger partial charge >= 0.3 is 12.1 Å². The Hall–Kier alpha value is -3.14. The van der Waals surface area contributed by atoms with Gasteiger partial charge in [0.05, 0.1) is 39.5 Å². The summed E-state index contributed by atoms with van der Waals surface area (Å²) >= 11 is 6.61. The first-order chi connectivity index (χ1) is 15.6. The van der Waals surface area contributed by atoms with Crippen molar-refractivity contribution in [3.05, 3.63) is 44.6 Å². The number of nitrogens with one attached hydrogen (secondary N) is 1. The van der Waals surface area contributed by atoms with Crippen molar-refractivity contribution in [2.45, 2.75) is 25.1 Å². The lowest BCUT2D eigenvalue weighted by molar-refractivity contribution is -0.174. The molecule has 7 nitrogen and oxygen atoms in total. The summed E-state index contributed by atoms with van der Waals surface area (Å²) in [6, 6.07) is 2.90. The van der Waals surface area contributed by atoms with Gasteiger partial charge in [0.2, 0.25) is 11.2 Å². The number of carbonyl (C=O) groups is 1. The minimum atomic E-state index is -5.10. The maximum absolute atomic E-state index is 13.0. The number of halogens is 4. The summed E-state index contributed by atoms with van der Waals surface area (Å²) in [5.74, 6) is -1.57. The highest BCUT2D eigenvalue weighted by molar-refractivity contribution is 6.34. The van der Waals surface area contributed by atoms with Crippen molar-refractivity contribution in [3.8, 4) is 34.1 Å². The van der Waals surface area contributed by atoms with Gasteiger partial charge in [0.25, 0.3) is 0 Å². The van der Waals surface area contributed by atoms with E-state index in [1.54, 1.807) is 0 Å². The highest BCUT2D eigenvalue weighted by Crippen LogP contribution is 2.54. The summed E-state index contributed by atoms with van der Waals surface area (Å²) in [7, 11) is 5.46. The summed E-state index contributed by atoms with van der Waals surface area (Å²) < 4.78 is 60.6. The molecule has 1 amide bonds. The molecule has 0 saturated carbocycles. The average molecular weight is 488 g/mol. The number of hydrogen-bond donors (Lipinski definition) is 1. The Morgan fingerprint density at radius 3 is 2.21 bits per heavy atom. The monoisotopic (exact) mass is 487 g/mol. The number of carbonyl (C=O) groups excluding carboxylic acids is 1. The first-order valence-electron chi connectivity index (χ1n) is 9.69. The standard InChI is InChI=1S/C22H21ClF3NO6/c1-30-15-8-6-10-12(9-14(15)28)13(27-21(29)22(24,25)26)7-5-11-16(10)18(31-2)20(33-4)19(32-3)17(11)23/h6,8-9,13H,5,7H2,1-4H3,(H,27,29)/t13-/m0/s1. The predicted molar refractivity (Wildman–Crippen MR) is 115 cm³/mol. The first kappa shape index (κ1) is 24.5. The van der Waals surface area contributed by atoms with E-state index in [1.807, 2.05) is 5.32 Å². The molecular formula is C22H21ClF3NO6. The van der Waals surface area contributed by atoms with Crippen molar-refractivity contribution >= 4 is 17.5 Å². The molecule has 33 heavy (non-hydrogen) atoms. The van der Waals surface area contributed by atoms with Gasteiger partial charge in [0.1, 0.15) is 0 Å². The van der Waals surface area contributed by atoms with Gasteiger partial charge in [-0.05, 0) is 41.7 Å². The van der Waals surface area contributed by atoms with E-state index in [2.05, 4.69) is 0 Å². The molecular weight excluding hydrogens is 467 g/mol. The topological polar surface area (TPSA) is 83.1 Å². The van der Waals surface area contributed by atoms with Crippen LogP contribution in [0.2, 0.25) is 5.02 Å². The number of fused-ring (bicyclic) bond motifs is 3. The van der Waals surface area contributed by atoms with E-state index >= 15 is 0 Å². The highest BCUT2D eigenvalue weighted by Gasteiger charge is 2.41. The van der Waals surface area contributed by atoms with Gasteiger partial charge in [0, 0.05) is 5.56 Å². The van der Waals surface area contributed by atoms with Crippen LogP contribution in [-0.4, -0.2) is 40.5 Å². The smallest absolute Gasteiger partial charge is 0.471 e. The first-order valence-corrected chi connectivity index (χ1v) is 10.1. The number of rotatable bonds is 5. The maximum atomic E-state index is 13.0. The lowest BCUT2D eigenvalue weighted by Crippen LogP contribution is -2.39. The zero-order chi connectivity index (χ0) is 24.5. The second-order valence-electron chi connectivity index (χ2n) is 7.11. The highest BCUT2D eigenvalue weighted by atomic mass is 35.5. The van der Waals surface area contributed by atoms with E-state index < -0.39 is 23.6 Å². The van der Waals surface area contributed by atoms with Crippen LogP contribution in [0.3, 0.4) is 0 Å². The second kappa shape index (κ2) is 9.38. The zero-order valence-corrected chi connectivity index (χ0v) is 18.9. The summed E-state index contributed by atoms with van der Waals surface area (Å²) in [4.78, 5) is 24.4. The van der Waals surface area contributed by atoms with Crippen molar-refractivity contribution in [2.24, 2.45) is 0 Å². The predicted octanol–water partition coefficient (Wildman–Crippen LogP) is 4.07. The minimum Gasteiger partial charge on any atom is -0.493 e. The van der Waals surface area contributed by atoms with E-state index in [0.29, 0.717) is 16.7 Å². The normalized spacial score (nSPS) is 15.0. The van der Waals surface area contributed by atoms with Crippen molar-refractivity contribution in [1.82, 2.24) is 5.32 Å². The number of alkyl halides is 3. The number of ether oxygens (including phenoxy) is 4. The molecule has 2 aromatic rings. The van der Waals surface area contributed by atoms with E-state index in [4.69, 9.17) is 30.5 Å². The molecule has 2 aromatic carbocycles. The molecule has 0 spiro atoms. The van der Waals surface area contributed by atoms with E-state index in [1.165, 1.54) is 40.6 Å². The van der Waals surface area contributed by atoms with Crippen LogP contribution in [0.25, 0.3) is 11.1 Å². The Kier molecular flexibility index (Phi) is 6.97. The third-order valence-electron chi connectivity index (χ3n) is 5.37. The fourth-order valence-corrected chi connectivity index (χ4v) is 4.28. The molecule has 0 bridgehead atoms. The summed E-state index contributed by atoms with van der Waals surface area (Å²) in [5, 5.41) is 2.17. The Labute approximate surface area is 192 Å². The Balaban J connectivity index is 2.41. The maximum Gasteiger partial charge on any atom is 0.471 e. The van der Waals surface area contributed by atoms with Crippen LogP contribution in [0, 0.1) is 0 Å². The fraction of sp³-hybridized carbons (Fsp3) is 0.364. The van der Waals surface area contributed by atoms with Crippen LogP contribution < -0.4 is 29.7 Å². The van der Waals surface area contributed by atoms with Crippen LogP contribution in [0.1, 0.15) is 23.6 Å². The molecule has 1 N–H and O–H groups in total. The Morgan fingerprint density at radius 1 is 1.03 bits per heavy atom. The third-order valence-corrected chi connectivity index (χ3v) is 5.77. The van der Waals surface area contributed by atoms with Gasteiger partial charge in [-0.2, -0.15) is 13.2 Å². The van der Waals surface area contributed by atoms with E-state index in [9.17, 15) is 22.8 Å². The Bertz CT molecular complexity index is 1150. The van der Waals surface area contributed by atoms with Crippen molar-refractivity contribution < 1.29 is 36.9 Å². The zero-order valence-electron chi connectivity index (χ0n) is 18.2. The number of benzene rings is 1. The quantitative estimate of drug-likeness (QED) is 0.684. The molecule has 11 heteroatoms. The largest absolute Gasteiger partial charge is 0.493 e. The van der Waals surface area contributed by atoms with Crippen LogP contribution in [0.4, 0.5) is 13.2 Å². The molecule has 1 aliphatic rings. The molecule has 0 aliphatic heterocycles. The molecule has 178 valence electrons. The lowest BCUT2D eigenvalue weighted by atomic mass is 9.95. The molecule has 1 aliphatic carbocycles. The third kappa shape index (κ3) is 4.39. The van der Waals surface area contributed by atoms with Crippen molar-refractivity contribution in [2.75, 3.05) is 28.4 Å². The average Bonchev–Trinajstić information content (AvgIpc) is 3.02. The van der Waals surface area contributed by atoms with Gasteiger partial charge in [-0.25, -0.2) is 0 Å². The van der Waals surface area contributed by atoms with Crippen LogP contribution in [0.15, 0.2) is 23.0 Å². The molecule has 0 fully saturated rings. The van der Waals surface area contributed by atoms with Crippen LogP contribution >= 0.6 is 11.6 Å². The lowest BCUT2D eigenvalue weighted by Gasteiger charge is -2.21. The van der Waals surface area contributed by atoms with Gasteiger partial charge < -0.3 is 24.3 Å². The fourth-order valence-electron chi connectivity index (χ4n) is 3.93. The van der Waals surface area contributed by atoms with Gasteiger partial charge in [0.15, 0.2) is 17.2 Å². The number of hydrogen-bond acceptors (Lipinski definition) is 6. The minimum absolute atomic E-state index is 0.0198. The molecule has 0 saturated heterocycles. The molecule has 0 heterocycles. The van der Waals surface area contributed by atoms with E-state index in [0.717, 1.165) is 6.07 Å². The van der Waals surface area contributed by atoms with Gasteiger partial charge in [-0.3, -0.25) is 9.59 Å². The second-order valence-corrected chi connectivity index (χ2v) is 7.49. The van der Waals surface area contributed by atoms with Crippen LogP contribution in [0.5, 0.6) is 23.0 Å². The molecule has 0 radical (unpaired) electrons. The van der Waals surface area contributed by atoms with Gasteiger partial charge in [-0.1, -0.05) is 17.7 Å². The molecule has 3 rings (SSSR count). The summed E-state index contributed by atoms with van der Waals surface area (Å²) in [5.41, 5.74) is 0.834. The van der Waals surface area contributed by atoms with Gasteiger partial charge in [-0.15, -0.1) is 0 Å². The molecule has 0 aromatic heterocycles. The number of amides is 1. The summed E-state index contributed by atoms with van der Waals surface area (Å²) in [6.07, 6.45) is -4.93. The Morgan fingerprint density at radius 2 is 1.67 bits per heavy atom. The van der Waals surface area contributed by atoms with Crippen molar-refractivity contribution in [1.29, 1.82) is 0 Å².